The zero-order chi connectivity index (χ0) is 20.3. The third-order valence-corrected chi connectivity index (χ3v) is 5.42. The molecule has 2 aromatic carbocycles. The van der Waals surface area contributed by atoms with Crippen LogP contribution < -0.4 is 0 Å². The molecule has 3 heterocycles. The van der Waals surface area contributed by atoms with Crippen molar-refractivity contribution >= 4 is 0 Å². The van der Waals surface area contributed by atoms with Crippen LogP contribution in [0.3, 0.4) is 0 Å². The Morgan fingerprint density at radius 2 is 1.70 bits per heavy atom. The number of fused-ring (bicyclic) bond motifs is 1. The van der Waals surface area contributed by atoms with Gasteiger partial charge in [-0.1, -0.05) is 42.5 Å². The quantitative estimate of drug-likeness (QED) is 0.492. The van der Waals surface area contributed by atoms with E-state index in [-0.39, 0.29) is 5.82 Å². The number of hydrogen-bond acceptors (Lipinski definition) is 4. The fourth-order valence-electron chi connectivity index (χ4n) is 3.87. The van der Waals surface area contributed by atoms with Crippen LogP contribution in [-0.4, -0.2) is 26.4 Å². The molecule has 0 fully saturated rings. The van der Waals surface area contributed by atoms with E-state index in [4.69, 9.17) is 4.98 Å². The van der Waals surface area contributed by atoms with Crippen molar-refractivity contribution in [3.05, 3.63) is 102 Å². The second kappa shape index (κ2) is 8.13. The topological polar surface area (TPSA) is 41.9 Å². The molecule has 2 aromatic heterocycles. The lowest BCUT2D eigenvalue weighted by Crippen LogP contribution is -2.31. The van der Waals surface area contributed by atoms with E-state index in [9.17, 15) is 4.39 Å². The van der Waals surface area contributed by atoms with Crippen LogP contribution in [0.2, 0.25) is 0 Å². The molecule has 0 bridgehead atoms. The first-order valence-electron chi connectivity index (χ1n) is 10.1. The maximum atomic E-state index is 13.2. The maximum Gasteiger partial charge on any atom is 0.159 e. The molecule has 148 valence electrons. The molecule has 0 saturated heterocycles. The van der Waals surface area contributed by atoms with E-state index < -0.39 is 0 Å². The lowest BCUT2D eigenvalue weighted by Gasteiger charge is -2.28. The van der Waals surface area contributed by atoms with Crippen LogP contribution >= 0.6 is 0 Å². The van der Waals surface area contributed by atoms with Gasteiger partial charge in [-0.3, -0.25) is 9.88 Å². The summed E-state index contributed by atoms with van der Waals surface area (Å²) in [5.74, 6) is 0.562. The summed E-state index contributed by atoms with van der Waals surface area (Å²) in [6, 6.07) is 18.8. The molecular formula is C25H21FN4. The molecule has 0 aliphatic carbocycles. The van der Waals surface area contributed by atoms with Gasteiger partial charge < -0.3 is 0 Å². The molecule has 1 aliphatic heterocycles. The van der Waals surface area contributed by atoms with Crippen molar-refractivity contribution in [2.45, 2.75) is 19.5 Å². The van der Waals surface area contributed by atoms with E-state index in [0.29, 0.717) is 0 Å². The minimum Gasteiger partial charge on any atom is -0.294 e. The Morgan fingerprint density at radius 1 is 0.867 bits per heavy atom. The van der Waals surface area contributed by atoms with Gasteiger partial charge >= 0.3 is 0 Å². The highest BCUT2D eigenvalue weighted by Crippen LogP contribution is 2.24. The highest BCUT2D eigenvalue weighted by Gasteiger charge is 2.19. The van der Waals surface area contributed by atoms with Crippen LogP contribution in [0.15, 0.2) is 79.3 Å². The van der Waals surface area contributed by atoms with Crippen molar-refractivity contribution in [1.29, 1.82) is 0 Å². The van der Waals surface area contributed by atoms with Crippen LogP contribution in [0.4, 0.5) is 4.39 Å². The molecule has 0 spiro atoms. The van der Waals surface area contributed by atoms with Gasteiger partial charge in [0, 0.05) is 61.3 Å². The van der Waals surface area contributed by atoms with Crippen LogP contribution in [0, 0.1) is 5.82 Å². The molecule has 5 heteroatoms. The first-order chi connectivity index (χ1) is 14.7. The molecule has 0 N–H and O–H groups in total. The van der Waals surface area contributed by atoms with E-state index in [2.05, 4.69) is 20.9 Å². The molecule has 0 atom stereocenters. The highest BCUT2D eigenvalue weighted by molar-refractivity contribution is 5.62. The molecule has 1 aliphatic rings. The standard InChI is InChI=1S/C25H21FN4/c26-23-8-6-19(7-9-23)21-12-18(13-27-14-21)16-30-11-10-24-22(17-30)15-28-25(29-24)20-4-2-1-3-5-20/h1-9,12-15H,10-11,16-17H2. The number of rotatable bonds is 4. The van der Waals surface area contributed by atoms with Crippen molar-refractivity contribution in [2.75, 3.05) is 6.54 Å². The maximum absolute atomic E-state index is 13.2. The smallest absolute Gasteiger partial charge is 0.159 e. The number of nitrogens with zero attached hydrogens (tertiary/aromatic N) is 4. The molecule has 0 amide bonds. The van der Waals surface area contributed by atoms with Gasteiger partial charge in [-0.2, -0.15) is 0 Å². The van der Waals surface area contributed by atoms with E-state index >= 15 is 0 Å². The predicted molar refractivity (Wildman–Crippen MR) is 115 cm³/mol. The highest BCUT2D eigenvalue weighted by atomic mass is 19.1. The summed E-state index contributed by atoms with van der Waals surface area (Å²) in [5.41, 5.74) is 6.48. The van der Waals surface area contributed by atoms with Gasteiger partial charge in [-0.15, -0.1) is 0 Å². The van der Waals surface area contributed by atoms with Gasteiger partial charge in [0.05, 0.1) is 5.69 Å². The minimum atomic E-state index is -0.229. The summed E-state index contributed by atoms with van der Waals surface area (Å²) in [7, 11) is 0. The second-order valence-corrected chi connectivity index (χ2v) is 7.58. The zero-order valence-electron chi connectivity index (χ0n) is 16.5. The summed E-state index contributed by atoms with van der Waals surface area (Å²) in [4.78, 5) is 16.2. The van der Waals surface area contributed by atoms with Crippen molar-refractivity contribution in [1.82, 2.24) is 19.9 Å². The number of aromatic nitrogens is 3. The molecule has 4 aromatic rings. The predicted octanol–water partition coefficient (Wildman–Crippen LogP) is 4.90. The fourth-order valence-corrected chi connectivity index (χ4v) is 3.87. The number of pyridine rings is 1. The van der Waals surface area contributed by atoms with Crippen molar-refractivity contribution in [3.8, 4) is 22.5 Å². The van der Waals surface area contributed by atoms with E-state index in [1.807, 2.05) is 48.9 Å². The second-order valence-electron chi connectivity index (χ2n) is 7.58. The molecule has 30 heavy (non-hydrogen) atoms. The minimum absolute atomic E-state index is 0.229. The van der Waals surface area contributed by atoms with Crippen LogP contribution in [0.25, 0.3) is 22.5 Å². The average Bonchev–Trinajstić information content (AvgIpc) is 2.80. The first-order valence-corrected chi connectivity index (χ1v) is 10.1. The normalized spacial score (nSPS) is 13.8. The molecule has 4 nitrogen and oxygen atoms in total. The van der Waals surface area contributed by atoms with E-state index in [1.165, 1.54) is 17.7 Å². The van der Waals surface area contributed by atoms with Crippen molar-refractivity contribution in [2.24, 2.45) is 0 Å². The van der Waals surface area contributed by atoms with Crippen molar-refractivity contribution < 1.29 is 4.39 Å². The molecular weight excluding hydrogens is 375 g/mol. The summed E-state index contributed by atoms with van der Waals surface area (Å²) >= 11 is 0. The third kappa shape index (κ3) is 3.98. The fraction of sp³-hybridized carbons (Fsp3) is 0.160. The van der Waals surface area contributed by atoms with Crippen molar-refractivity contribution in [3.63, 3.8) is 0 Å². The van der Waals surface area contributed by atoms with Gasteiger partial charge in [0.2, 0.25) is 0 Å². The molecule has 0 radical (unpaired) electrons. The lowest BCUT2D eigenvalue weighted by atomic mass is 10.0. The summed E-state index contributed by atoms with van der Waals surface area (Å²) in [6.45, 7) is 2.58. The Bertz CT molecular complexity index is 1160. The van der Waals surface area contributed by atoms with Crippen LogP contribution in [0.1, 0.15) is 16.8 Å². The molecule has 0 unspecified atom stereocenters. The Kier molecular flexibility index (Phi) is 5.03. The van der Waals surface area contributed by atoms with Gasteiger partial charge in [-0.05, 0) is 29.3 Å². The molecule has 0 saturated carbocycles. The zero-order valence-corrected chi connectivity index (χ0v) is 16.5. The molecule has 5 rings (SSSR count). The van der Waals surface area contributed by atoms with Gasteiger partial charge in [-0.25, -0.2) is 14.4 Å². The average molecular weight is 396 g/mol. The van der Waals surface area contributed by atoms with Gasteiger partial charge in [0.25, 0.3) is 0 Å². The van der Waals surface area contributed by atoms with E-state index in [1.54, 1.807) is 12.1 Å². The Hall–Kier alpha value is -3.44. The Labute approximate surface area is 175 Å². The largest absolute Gasteiger partial charge is 0.294 e. The number of hydrogen-bond donors (Lipinski definition) is 0. The number of halogens is 1. The lowest BCUT2D eigenvalue weighted by molar-refractivity contribution is 0.242. The number of benzene rings is 2. The summed E-state index contributed by atoms with van der Waals surface area (Å²) in [6.07, 6.45) is 6.59. The third-order valence-electron chi connectivity index (χ3n) is 5.42. The first kappa shape index (κ1) is 18.6. The SMILES string of the molecule is Fc1ccc(-c2cncc(CN3CCc4nc(-c5ccccc5)ncc4C3)c2)cc1. The van der Waals surface area contributed by atoms with E-state index in [0.717, 1.165) is 59.8 Å². The van der Waals surface area contributed by atoms with Crippen LogP contribution in [0.5, 0.6) is 0 Å². The summed E-state index contributed by atoms with van der Waals surface area (Å²) in [5, 5.41) is 0. The van der Waals surface area contributed by atoms with Gasteiger partial charge in [0.1, 0.15) is 5.82 Å². The van der Waals surface area contributed by atoms with Gasteiger partial charge in [0.15, 0.2) is 5.82 Å². The van der Waals surface area contributed by atoms with Crippen LogP contribution in [-0.2, 0) is 19.5 Å². The summed E-state index contributed by atoms with van der Waals surface area (Å²) < 4.78 is 13.2. The Morgan fingerprint density at radius 3 is 2.53 bits per heavy atom. The monoisotopic (exact) mass is 396 g/mol. The Balaban J connectivity index is 1.31.